The summed E-state index contributed by atoms with van der Waals surface area (Å²) in [6, 6.07) is 0.336. The molecule has 92 valence electrons. The van der Waals surface area contributed by atoms with Crippen molar-refractivity contribution in [1.82, 2.24) is 20.8 Å². The van der Waals surface area contributed by atoms with Crippen molar-refractivity contribution >= 4 is 29.9 Å². The van der Waals surface area contributed by atoms with Crippen LogP contribution in [0.1, 0.15) is 25.6 Å². The predicted octanol–water partition coefficient (Wildman–Crippen LogP) is 1.07. The van der Waals surface area contributed by atoms with Crippen molar-refractivity contribution in [3.05, 3.63) is 11.7 Å². The topological polar surface area (TPSA) is 75.3 Å². The molecule has 0 fully saturated rings. The first-order chi connectivity index (χ1) is 7.11. The standard InChI is InChI=1S/C9H17N5O.HI/c1-6(2)12-9(10-4)11-5-8-13-7(3)15-14-8;/h6H,5H2,1-4H3,(H2,10,11,12);1H. The fraction of sp³-hybridized carbons (Fsp3) is 0.667. The van der Waals surface area contributed by atoms with E-state index < -0.39 is 0 Å². The minimum Gasteiger partial charge on any atom is -0.354 e. The maximum atomic E-state index is 4.85. The highest BCUT2D eigenvalue weighted by Crippen LogP contribution is 1.93. The quantitative estimate of drug-likeness (QED) is 0.490. The number of hydrogen-bond acceptors (Lipinski definition) is 4. The minimum absolute atomic E-state index is 0. The normalized spacial score (nSPS) is 11.2. The molecule has 0 amide bonds. The molecule has 0 bridgehead atoms. The third-order valence-corrected chi connectivity index (χ3v) is 1.63. The Labute approximate surface area is 112 Å². The van der Waals surface area contributed by atoms with Crippen LogP contribution in [0, 0.1) is 6.92 Å². The minimum atomic E-state index is 0. The fourth-order valence-corrected chi connectivity index (χ4v) is 1.04. The number of nitrogens with one attached hydrogen (secondary N) is 2. The number of hydrogen-bond donors (Lipinski definition) is 2. The second-order valence-corrected chi connectivity index (χ2v) is 3.45. The van der Waals surface area contributed by atoms with Crippen molar-refractivity contribution in [2.45, 2.75) is 33.4 Å². The zero-order chi connectivity index (χ0) is 11.3. The van der Waals surface area contributed by atoms with Gasteiger partial charge in [-0.05, 0) is 13.8 Å². The van der Waals surface area contributed by atoms with Crippen molar-refractivity contribution in [2.24, 2.45) is 4.99 Å². The highest BCUT2D eigenvalue weighted by Gasteiger charge is 2.04. The van der Waals surface area contributed by atoms with Crippen molar-refractivity contribution in [3.8, 4) is 0 Å². The maximum absolute atomic E-state index is 4.85. The molecule has 0 unspecified atom stereocenters. The van der Waals surface area contributed by atoms with E-state index >= 15 is 0 Å². The van der Waals surface area contributed by atoms with Crippen LogP contribution in [0.15, 0.2) is 9.52 Å². The van der Waals surface area contributed by atoms with Gasteiger partial charge in [0.15, 0.2) is 11.8 Å². The molecule has 0 atom stereocenters. The lowest BCUT2D eigenvalue weighted by Gasteiger charge is -2.12. The summed E-state index contributed by atoms with van der Waals surface area (Å²) in [5.41, 5.74) is 0. The molecule has 0 aliphatic rings. The van der Waals surface area contributed by atoms with E-state index in [1.807, 2.05) is 13.8 Å². The van der Waals surface area contributed by atoms with E-state index in [0.717, 1.165) is 5.96 Å². The lowest BCUT2D eigenvalue weighted by atomic mass is 10.4. The van der Waals surface area contributed by atoms with Crippen LogP contribution >= 0.6 is 24.0 Å². The molecule has 2 N–H and O–H groups in total. The summed E-state index contributed by atoms with van der Waals surface area (Å²) in [5, 5.41) is 10.0. The summed E-state index contributed by atoms with van der Waals surface area (Å²) in [6.07, 6.45) is 0. The van der Waals surface area contributed by atoms with Gasteiger partial charge in [0.05, 0.1) is 6.54 Å². The van der Waals surface area contributed by atoms with Crippen LogP contribution in [0.4, 0.5) is 0 Å². The average molecular weight is 339 g/mol. The van der Waals surface area contributed by atoms with Crippen molar-refractivity contribution in [3.63, 3.8) is 0 Å². The molecule has 7 heteroatoms. The Morgan fingerprint density at radius 1 is 1.50 bits per heavy atom. The van der Waals surface area contributed by atoms with Crippen LogP contribution in [0.25, 0.3) is 0 Å². The zero-order valence-corrected chi connectivity index (χ0v) is 12.3. The van der Waals surface area contributed by atoms with Gasteiger partial charge in [-0.3, -0.25) is 4.99 Å². The highest BCUT2D eigenvalue weighted by molar-refractivity contribution is 14.0. The van der Waals surface area contributed by atoms with Gasteiger partial charge in [-0.1, -0.05) is 5.16 Å². The number of aryl methyl sites for hydroxylation is 1. The number of aliphatic imine (C=N–C) groups is 1. The van der Waals surface area contributed by atoms with Gasteiger partial charge >= 0.3 is 0 Å². The summed E-state index contributed by atoms with van der Waals surface area (Å²) in [4.78, 5) is 8.13. The molecule has 0 radical (unpaired) electrons. The van der Waals surface area contributed by atoms with Gasteiger partial charge in [0, 0.05) is 20.0 Å². The molecule has 16 heavy (non-hydrogen) atoms. The molecule has 0 spiro atoms. The first kappa shape index (κ1) is 15.1. The number of rotatable bonds is 3. The number of aromatic nitrogens is 2. The van der Waals surface area contributed by atoms with E-state index in [9.17, 15) is 0 Å². The molecule has 0 aromatic carbocycles. The van der Waals surface area contributed by atoms with E-state index in [0.29, 0.717) is 24.3 Å². The van der Waals surface area contributed by atoms with E-state index in [1.54, 1.807) is 14.0 Å². The Bertz CT molecular complexity index is 336. The molecule has 1 heterocycles. The van der Waals surface area contributed by atoms with Crippen LogP contribution in [-0.4, -0.2) is 29.2 Å². The Kier molecular flexibility index (Phi) is 7.02. The van der Waals surface area contributed by atoms with Crippen molar-refractivity contribution in [2.75, 3.05) is 7.05 Å². The van der Waals surface area contributed by atoms with Crippen LogP contribution in [0.3, 0.4) is 0 Å². The first-order valence-corrected chi connectivity index (χ1v) is 4.88. The number of guanidine groups is 1. The Morgan fingerprint density at radius 3 is 2.62 bits per heavy atom. The summed E-state index contributed by atoms with van der Waals surface area (Å²) in [7, 11) is 1.72. The molecule has 1 aromatic rings. The van der Waals surface area contributed by atoms with Gasteiger partial charge < -0.3 is 15.2 Å². The summed E-state index contributed by atoms with van der Waals surface area (Å²) in [5.74, 6) is 1.92. The third kappa shape index (κ3) is 5.29. The van der Waals surface area contributed by atoms with Gasteiger partial charge in [-0.15, -0.1) is 24.0 Å². The largest absolute Gasteiger partial charge is 0.354 e. The van der Waals surface area contributed by atoms with Crippen LogP contribution < -0.4 is 10.6 Å². The second-order valence-electron chi connectivity index (χ2n) is 3.45. The fourth-order valence-electron chi connectivity index (χ4n) is 1.04. The van der Waals surface area contributed by atoms with E-state index in [1.165, 1.54) is 0 Å². The van der Waals surface area contributed by atoms with Gasteiger partial charge in [0.25, 0.3) is 0 Å². The third-order valence-electron chi connectivity index (χ3n) is 1.63. The lowest BCUT2D eigenvalue weighted by molar-refractivity contribution is 0.386. The molecule has 0 aliphatic heterocycles. The van der Waals surface area contributed by atoms with E-state index in [2.05, 4.69) is 25.8 Å². The van der Waals surface area contributed by atoms with Crippen LogP contribution in [0.2, 0.25) is 0 Å². The molecule has 1 rings (SSSR count). The Morgan fingerprint density at radius 2 is 2.19 bits per heavy atom. The SMILES string of the molecule is CN=C(NCc1noc(C)n1)NC(C)C.I. The van der Waals surface area contributed by atoms with E-state index in [4.69, 9.17) is 4.52 Å². The molecule has 0 saturated heterocycles. The maximum Gasteiger partial charge on any atom is 0.223 e. The smallest absolute Gasteiger partial charge is 0.223 e. The summed E-state index contributed by atoms with van der Waals surface area (Å²) in [6.45, 7) is 6.36. The zero-order valence-electron chi connectivity index (χ0n) is 9.94. The van der Waals surface area contributed by atoms with Gasteiger partial charge in [-0.25, -0.2) is 0 Å². The van der Waals surface area contributed by atoms with Crippen LogP contribution in [0.5, 0.6) is 0 Å². The summed E-state index contributed by atoms with van der Waals surface area (Å²) < 4.78 is 4.85. The molecule has 1 aromatic heterocycles. The average Bonchev–Trinajstić information content (AvgIpc) is 2.58. The Balaban J connectivity index is 0.00000225. The van der Waals surface area contributed by atoms with Gasteiger partial charge in [-0.2, -0.15) is 4.98 Å². The van der Waals surface area contributed by atoms with Gasteiger partial charge in [0.2, 0.25) is 5.89 Å². The molecule has 6 nitrogen and oxygen atoms in total. The van der Waals surface area contributed by atoms with E-state index in [-0.39, 0.29) is 24.0 Å². The lowest BCUT2D eigenvalue weighted by Crippen LogP contribution is -2.40. The second kappa shape index (κ2) is 7.42. The first-order valence-electron chi connectivity index (χ1n) is 4.88. The number of halogens is 1. The molecular weight excluding hydrogens is 321 g/mol. The van der Waals surface area contributed by atoms with Gasteiger partial charge in [0.1, 0.15) is 0 Å². The van der Waals surface area contributed by atoms with Crippen molar-refractivity contribution < 1.29 is 4.52 Å². The molecular formula is C9H18IN5O. The molecule has 0 aliphatic carbocycles. The molecule has 0 saturated carbocycles. The predicted molar refractivity (Wildman–Crippen MR) is 72.9 cm³/mol. The Hall–Kier alpha value is -0.860. The van der Waals surface area contributed by atoms with Crippen LogP contribution in [-0.2, 0) is 6.54 Å². The number of nitrogens with zero attached hydrogens (tertiary/aromatic N) is 3. The van der Waals surface area contributed by atoms with Crippen molar-refractivity contribution in [1.29, 1.82) is 0 Å². The monoisotopic (exact) mass is 339 g/mol. The highest BCUT2D eigenvalue weighted by atomic mass is 127. The summed E-state index contributed by atoms with van der Waals surface area (Å²) >= 11 is 0.